The van der Waals surface area contributed by atoms with E-state index in [1.165, 1.54) is 24.1 Å². The minimum Gasteiger partial charge on any atom is -0.379 e. The van der Waals surface area contributed by atoms with E-state index in [0.29, 0.717) is 5.78 Å². The van der Waals surface area contributed by atoms with Crippen molar-refractivity contribution in [1.82, 2.24) is 0 Å². The number of nitrogens with one attached hydrogen (secondary N) is 1. The van der Waals surface area contributed by atoms with Crippen LogP contribution in [0.5, 0.6) is 0 Å². The van der Waals surface area contributed by atoms with Crippen LogP contribution in [0.1, 0.15) is 12.0 Å². The van der Waals surface area contributed by atoms with Crippen LogP contribution >= 0.6 is 9.24 Å². The van der Waals surface area contributed by atoms with Crippen LogP contribution in [0.3, 0.4) is 0 Å². The lowest BCUT2D eigenvalue weighted by Gasteiger charge is -2.23. The fourth-order valence-corrected chi connectivity index (χ4v) is 1.81. The second-order valence-electron chi connectivity index (χ2n) is 2.95. The summed E-state index contributed by atoms with van der Waals surface area (Å²) in [5.74, 6) is 0.560. The second-order valence-corrected chi connectivity index (χ2v) is 3.75. The van der Waals surface area contributed by atoms with Crippen molar-refractivity contribution >= 4 is 14.9 Å². The first-order chi connectivity index (χ1) is 5.36. The molecule has 2 atom stereocenters. The van der Waals surface area contributed by atoms with Gasteiger partial charge in [0.2, 0.25) is 0 Å². The van der Waals surface area contributed by atoms with Crippen LogP contribution in [-0.2, 0) is 6.42 Å². The van der Waals surface area contributed by atoms with E-state index < -0.39 is 0 Å². The predicted octanol–water partition coefficient (Wildman–Crippen LogP) is 2.25. The summed E-state index contributed by atoms with van der Waals surface area (Å²) in [5.41, 5.74) is 2.75. The molecule has 1 heterocycles. The van der Waals surface area contributed by atoms with Gasteiger partial charge in [-0.2, -0.15) is 0 Å². The van der Waals surface area contributed by atoms with E-state index in [4.69, 9.17) is 0 Å². The molecule has 0 radical (unpaired) electrons. The van der Waals surface area contributed by atoms with Crippen LogP contribution in [-0.4, -0.2) is 5.78 Å². The minimum atomic E-state index is 0.560. The maximum Gasteiger partial charge on any atom is 0.0405 e. The van der Waals surface area contributed by atoms with Crippen LogP contribution < -0.4 is 5.32 Å². The monoisotopic (exact) mass is 165 g/mol. The summed E-state index contributed by atoms with van der Waals surface area (Å²) in [6.45, 7) is 0. The molecule has 11 heavy (non-hydrogen) atoms. The molecule has 1 aromatic rings. The average Bonchev–Trinajstić information content (AvgIpc) is 2.04. The zero-order valence-corrected chi connectivity index (χ0v) is 7.53. The van der Waals surface area contributed by atoms with Crippen molar-refractivity contribution in [2.45, 2.75) is 18.6 Å². The molecule has 0 aromatic heterocycles. The fraction of sp³-hybridized carbons (Fsp3) is 0.333. The molecular weight excluding hydrogens is 153 g/mol. The Morgan fingerprint density at radius 1 is 1.36 bits per heavy atom. The second kappa shape index (κ2) is 2.83. The molecule has 1 aliphatic heterocycles. The zero-order chi connectivity index (χ0) is 7.68. The summed E-state index contributed by atoms with van der Waals surface area (Å²) >= 11 is 0. The molecule has 2 rings (SSSR count). The van der Waals surface area contributed by atoms with Crippen LogP contribution in [0, 0.1) is 0 Å². The van der Waals surface area contributed by atoms with E-state index in [0.717, 1.165) is 0 Å². The summed E-state index contributed by atoms with van der Waals surface area (Å²) in [7, 11) is 2.82. The van der Waals surface area contributed by atoms with E-state index in [-0.39, 0.29) is 0 Å². The van der Waals surface area contributed by atoms with Crippen molar-refractivity contribution in [3.63, 3.8) is 0 Å². The number of hydrogen-bond donors (Lipinski definition) is 1. The molecule has 2 unspecified atom stereocenters. The Kier molecular flexibility index (Phi) is 1.83. The minimum absolute atomic E-state index is 0.560. The largest absolute Gasteiger partial charge is 0.379 e. The Morgan fingerprint density at radius 3 is 3.09 bits per heavy atom. The van der Waals surface area contributed by atoms with Gasteiger partial charge in [0.15, 0.2) is 0 Å². The lowest BCUT2D eigenvalue weighted by atomic mass is 10.0. The number of benzene rings is 1. The van der Waals surface area contributed by atoms with Crippen molar-refractivity contribution in [1.29, 1.82) is 0 Å². The highest BCUT2D eigenvalue weighted by atomic mass is 31.0. The highest BCUT2D eigenvalue weighted by Gasteiger charge is 2.11. The van der Waals surface area contributed by atoms with Gasteiger partial charge in [0.05, 0.1) is 0 Å². The molecule has 1 aliphatic rings. The maximum absolute atomic E-state index is 3.42. The Balaban J connectivity index is 2.34. The molecule has 0 amide bonds. The van der Waals surface area contributed by atoms with Gasteiger partial charge in [-0.25, -0.2) is 0 Å². The van der Waals surface area contributed by atoms with E-state index in [2.05, 4.69) is 38.8 Å². The number of anilines is 1. The first-order valence-corrected chi connectivity index (χ1v) is 4.63. The van der Waals surface area contributed by atoms with Gasteiger partial charge in [0.1, 0.15) is 0 Å². The summed E-state index contributed by atoms with van der Waals surface area (Å²) in [6, 6.07) is 8.52. The Hall–Kier alpha value is -0.550. The molecule has 1 aromatic carbocycles. The number of fused-ring (bicyclic) bond motifs is 1. The molecule has 0 bridgehead atoms. The Morgan fingerprint density at radius 2 is 2.18 bits per heavy atom. The molecule has 0 aliphatic carbocycles. The third-order valence-electron chi connectivity index (χ3n) is 2.08. The van der Waals surface area contributed by atoms with Crippen LogP contribution in [0.15, 0.2) is 24.3 Å². The molecule has 0 saturated carbocycles. The van der Waals surface area contributed by atoms with Gasteiger partial charge in [-0.1, -0.05) is 18.2 Å². The molecule has 0 fully saturated rings. The Bertz CT molecular complexity index is 259. The molecule has 1 nitrogen and oxygen atoms in total. The van der Waals surface area contributed by atoms with Crippen LogP contribution in [0.2, 0.25) is 0 Å². The smallest absolute Gasteiger partial charge is 0.0405 e. The topological polar surface area (TPSA) is 12.0 Å². The lowest BCUT2D eigenvalue weighted by molar-refractivity contribution is 0.790. The van der Waals surface area contributed by atoms with Gasteiger partial charge < -0.3 is 5.32 Å². The molecule has 58 valence electrons. The SMILES string of the molecule is PC1CCc2ccccc2N1. The fourth-order valence-electron chi connectivity index (χ4n) is 1.46. The van der Waals surface area contributed by atoms with Crippen molar-refractivity contribution in [2.75, 3.05) is 5.32 Å². The molecule has 0 spiro atoms. The number of hydrogen-bond acceptors (Lipinski definition) is 1. The quantitative estimate of drug-likeness (QED) is 0.581. The molecular formula is C9H12NP. The summed E-state index contributed by atoms with van der Waals surface area (Å²) in [6.07, 6.45) is 2.43. The third kappa shape index (κ3) is 1.39. The number of aryl methyl sites for hydroxylation is 1. The van der Waals surface area contributed by atoms with Gasteiger partial charge >= 0.3 is 0 Å². The number of para-hydroxylation sites is 1. The van der Waals surface area contributed by atoms with Crippen LogP contribution in [0.25, 0.3) is 0 Å². The third-order valence-corrected chi connectivity index (χ3v) is 2.58. The van der Waals surface area contributed by atoms with Gasteiger partial charge in [-0.15, -0.1) is 9.24 Å². The normalized spacial score (nSPS) is 22.1. The average molecular weight is 165 g/mol. The van der Waals surface area contributed by atoms with Gasteiger partial charge in [-0.05, 0) is 24.5 Å². The first-order valence-electron chi connectivity index (χ1n) is 3.96. The van der Waals surface area contributed by atoms with Crippen molar-refractivity contribution in [2.24, 2.45) is 0 Å². The lowest BCUT2D eigenvalue weighted by Crippen LogP contribution is -2.18. The highest BCUT2D eigenvalue weighted by molar-refractivity contribution is 7.17. The molecule has 2 heteroatoms. The van der Waals surface area contributed by atoms with E-state index in [1.807, 2.05) is 0 Å². The molecule has 1 N–H and O–H groups in total. The van der Waals surface area contributed by atoms with Gasteiger partial charge in [0.25, 0.3) is 0 Å². The van der Waals surface area contributed by atoms with Gasteiger partial charge in [0, 0.05) is 11.5 Å². The predicted molar refractivity (Wildman–Crippen MR) is 51.9 cm³/mol. The maximum atomic E-state index is 3.42. The first kappa shape index (κ1) is 7.12. The zero-order valence-electron chi connectivity index (χ0n) is 6.38. The summed E-state index contributed by atoms with van der Waals surface area (Å²) in [4.78, 5) is 0. The van der Waals surface area contributed by atoms with E-state index in [1.54, 1.807) is 0 Å². The molecule has 0 saturated heterocycles. The summed E-state index contributed by atoms with van der Waals surface area (Å²) in [5, 5.41) is 3.42. The van der Waals surface area contributed by atoms with E-state index >= 15 is 0 Å². The summed E-state index contributed by atoms with van der Waals surface area (Å²) < 4.78 is 0. The van der Waals surface area contributed by atoms with Crippen molar-refractivity contribution < 1.29 is 0 Å². The van der Waals surface area contributed by atoms with Crippen molar-refractivity contribution in [3.05, 3.63) is 29.8 Å². The van der Waals surface area contributed by atoms with E-state index in [9.17, 15) is 0 Å². The number of rotatable bonds is 0. The van der Waals surface area contributed by atoms with Crippen molar-refractivity contribution in [3.8, 4) is 0 Å². The highest BCUT2D eigenvalue weighted by Crippen LogP contribution is 2.26. The van der Waals surface area contributed by atoms with Gasteiger partial charge in [-0.3, -0.25) is 0 Å². The Labute approximate surface area is 69.4 Å². The standard InChI is InChI=1S/C9H12NP/c11-9-6-5-7-3-1-2-4-8(7)10-9/h1-4,9-10H,5-6,11H2. The van der Waals surface area contributed by atoms with Crippen LogP contribution in [0.4, 0.5) is 5.69 Å².